The maximum Gasteiger partial charge on any atom is 0.326 e. The van der Waals surface area contributed by atoms with E-state index in [1.165, 1.54) is 20.8 Å². The second-order valence-electron chi connectivity index (χ2n) is 18.1. The van der Waals surface area contributed by atoms with Gasteiger partial charge in [0.2, 0.25) is 47.3 Å². The molecule has 74 heavy (non-hydrogen) atoms. The van der Waals surface area contributed by atoms with Crippen molar-refractivity contribution in [2.75, 3.05) is 19.6 Å². The molecule has 418 valence electrons. The summed E-state index contributed by atoms with van der Waals surface area (Å²) in [6.07, 6.45) is -3.96. The summed E-state index contributed by atoms with van der Waals surface area (Å²) in [5, 5.41) is 64.4. The quantitative estimate of drug-likeness (QED) is 0.0160. The second kappa shape index (κ2) is 32.8. The first-order valence-corrected chi connectivity index (χ1v) is 24.1. The number of nitrogens with two attached hydrogens (primary N) is 4. The van der Waals surface area contributed by atoms with Crippen LogP contribution in [0.5, 0.6) is 0 Å². The van der Waals surface area contributed by atoms with Crippen LogP contribution in [0.25, 0.3) is 0 Å². The molecule has 0 spiro atoms. The zero-order chi connectivity index (χ0) is 56.4. The molecule has 0 aliphatic carbocycles. The molecule has 10 atom stereocenters. The van der Waals surface area contributed by atoms with E-state index in [9.17, 15) is 83.1 Å². The molecule has 1 aliphatic rings. The number of unbranched alkanes of at least 4 members (excludes halogenated alkanes) is 1. The molecule has 30 heteroatoms. The Labute approximate surface area is 426 Å². The van der Waals surface area contributed by atoms with Gasteiger partial charge in [0.15, 0.2) is 5.96 Å². The average Bonchev–Trinajstić information content (AvgIpc) is 3.82. The number of aliphatic hydroxyl groups is 1. The SMILES string of the molecule is CC(C)[C@H](NC(=O)[C@@H](N)[C@@H](C)O)C(=O)N[C@@H](CCC(=O)O)C(=O)N[C@@H](CCC(=O)O)C(=O)N[C@@H](C)C(=O)N[C@@H](CCC(=O)O)C(=O)N[C@@H](CCCCN)C(=O)N[C@@H](CCCN=C(N)N)C(=O)N1CCC[C@H]1C(=O)O. The highest BCUT2D eigenvalue weighted by Gasteiger charge is 2.39. The number of carboxylic acid groups (broad SMARTS) is 4. The van der Waals surface area contributed by atoms with Crippen molar-refractivity contribution in [3.05, 3.63) is 0 Å². The fourth-order valence-electron chi connectivity index (χ4n) is 7.38. The zero-order valence-corrected chi connectivity index (χ0v) is 42.0. The Morgan fingerprint density at radius 2 is 1.00 bits per heavy atom. The summed E-state index contributed by atoms with van der Waals surface area (Å²) >= 11 is 0. The Bertz CT molecular complexity index is 2020. The van der Waals surface area contributed by atoms with E-state index >= 15 is 0 Å². The fourth-order valence-corrected chi connectivity index (χ4v) is 7.38. The van der Waals surface area contributed by atoms with Gasteiger partial charge in [-0.1, -0.05) is 13.8 Å². The van der Waals surface area contributed by atoms with Gasteiger partial charge in [-0.3, -0.25) is 57.7 Å². The number of hydrogen-bond acceptors (Lipinski definition) is 16. The molecule has 0 bridgehead atoms. The van der Waals surface area contributed by atoms with Crippen molar-refractivity contribution in [1.82, 2.24) is 42.1 Å². The number of nitrogens with one attached hydrogen (secondary N) is 7. The third kappa shape index (κ3) is 23.6. The molecule has 0 aromatic rings. The number of hydrogen-bond donors (Lipinski definition) is 16. The van der Waals surface area contributed by atoms with Gasteiger partial charge in [0, 0.05) is 32.4 Å². The number of carboxylic acids is 4. The molecule has 1 rings (SSSR count). The van der Waals surface area contributed by atoms with Crippen molar-refractivity contribution < 1.29 is 83.1 Å². The van der Waals surface area contributed by atoms with E-state index in [1.807, 2.05) is 0 Å². The average molecular weight is 1060 g/mol. The van der Waals surface area contributed by atoms with Crippen LogP contribution in [0.3, 0.4) is 0 Å². The van der Waals surface area contributed by atoms with Crippen LogP contribution in [0.4, 0.5) is 0 Å². The number of aliphatic carboxylic acids is 4. The molecule has 1 aliphatic heterocycles. The van der Waals surface area contributed by atoms with Gasteiger partial charge in [-0.05, 0) is 90.5 Å². The van der Waals surface area contributed by atoms with Crippen LogP contribution in [0, 0.1) is 5.92 Å². The summed E-state index contributed by atoms with van der Waals surface area (Å²) in [6, 6.07) is -13.5. The molecule has 1 heterocycles. The normalized spacial score (nSPS) is 16.8. The van der Waals surface area contributed by atoms with Crippen LogP contribution in [0.1, 0.15) is 111 Å². The first kappa shape index (κ1) is 64.8. The van der Waals surface area contributed by atoms with Gasteiger partial charge in [0.05, 0.1) is 6.10 Å². The predicted molar refractivity (Wildman–Crippen MR) is 259 cm³/mol. The summed E-state index contributed by atoms with van der Waals surface area (Å²) in [4.78, 5) is 160. The Kier molecular flexibility index (Phi) is 28.7. The number of carbonyl (C=O) groups is 12. The summed E-state index contributed by atoms with van der Waals surface area (Å²) in [7, 11) is 0. The third-order valence-electron chi connectivity index (χ3n) is 11.6. The summed E-state index contributed by atoms with van der Waals surface area (Å²) < 4.78 is 0. The smallest absolute Gasteiger partial charge is 0.326 e. The van der Waals surface area contributed by atoms with Gasteiger partial charge in [0.25, 0.3) is 0 Å². The van der Waals surface area contributed by atoms with Crippen molar-refractivity contribution in [1.29, 1.82) is 0 Å². The number of amides is 8. The molecule has 0 aromatic carbocycles. The minimum atomic E-state index is -1.76. The van der Waals surface area contributed by atoms with Gasteiger partial charge < -0.3 is 90.6 Å². The van der Waals surface area contributed by atoms with Crippen LogP contribution in [-0.2, 0) is 57.5 Å². The number of carbonyl (C=O) groups excluding carboxylic acids is 8. The Morgan fingerprint density at radius 1 is 0.568 bits per heavy atom. The number of guanidine groups is 1. The van der Waals surface area contributed by atoms with E-state index in [0.29, 0.717) is 12.8 Å². The first-order chi connectivity index (χ1) is 34.6. The van der Waals surface area contributed by atoms with E-state index in [0.717, 1.165) is 11.8 Å². The molecule has 0 aromatic heterocycles. The van der Waals surface area contributed by atoms with Gasteiger partial charge in [-0.15, -0.1) is 0 Å². The van der Waals surface area contributed by atoms with Gasteiger partial charge in [0.1, 0.15) is 54.4 Å². The van der Waals surface area contributed by atoms with Gasteiger partial charge in [-0.25, -0.2) is 4.79 Å². The van der Waals surface area contributed by atoms with E-state index in [1.54, 1.807) is 0 Å². The molecule has 8 amide bonds. The van der Waals surface area contributed by atoms with Crippen molar-refractivity contribution in [2.45, 2.75) is 172 Å². The fraction of sp³-hybridized carbons (Fsp3) is 0.705. The monoisotopic (exact) mass is 1060 g/mol. The molecule has 20 N–H and O–H groups in total. The maximum absolute atomic E-state index is 14.0. The van der Waals surface area contributed by atoms with Crippen LogP contribution in [-0.4, -0.2) is 188 Å². The topological polar surface area (TPSA) is 510 Å². The molecule has 0 saturated carbocycles. The third-order valence-corrected chi connectivity index (χ3v) is 11.6. The van der Waals surface area contributed by atoms with E-state index in [-0.39, 0.29) is 57.7 Å². The molecule has 1 fully saturated rings. The summed E-state index contributed by atoms with van der Waals surface area (Å²) in [6.45, 7) is 5.73. The number of likely N-dealkylation sites (tertiary alicyclic amines) is 1. The Morgan fingerprint density at radius 3 is 1.43 bits per heavy atom. The van der Waals surface area contributed by atoms with Crippen molar-refractivity contribution >= 4 is 77.1 Å². The summed E-state index contributed by atoms with van der Waals surface area (Å²) in [5.74, 6) is -14.4. The highest BCUT2D eigenvalue weighted by molar-refractivity contribution is 5.98. The van der Waals surface area contributed by atoms with Gasteiger partial charge >= 0.3 is 23.9 Å². The van der Waals surface area contributed by atoms with Crippen molar-refractivity contribution in [3.8, 4) is 0 Å². The highest BCUT2D eigenvalue weighted by Crippen LogP contribution is 2.20. The number of rotatable bonds is 35. The van der Waals surface area contributed by atoms with Gasteiger partial charge in [-0.2, -0.15) is 0 Å². The predicted octanol–water partition coefficient (Wildman–Crippen LogP) is -5.38. The lowest BCUT2D eigenvalue weighted by Gasteiger charge is -2.29. The molecule has 0 radical (unpaired) electrons. The highest BCUT2D eigenvalue weighted by atomic mass is 16.4. The molecular weight excluding hydrogens is 983 g/mol. The number of nitrogens with zero attached hydrogens (tertiary/aromatic N) is 2. The van der Waals surface area contributed by atoms with Crippen LogP contribution in [0.2, 0.25) is 0 Å². The van der Waals surface area contributed by atoms with Crippen LogP contribution < -0.4 is 60.2 Å². The van der Waals surface area contributed by atoms with E-state index in [2.05, 4.69) is 42.2 Å². The van der Waals surface area contributed by atoms with Crippen molar-refractivity contribution in [2.24, 2.45) is 33.8 Å². The van der Waals surface area contributed by atoms with Crippen molar-refractivity contribution in [3.63, 3.8) is 0 Å². The summed E-state index contributed by atoms with van der Waals surface area (Å²) in [5.41, 5.74) is 22.2. The Balaban J connectivity index is 3.42. The van der Waals surface area contributed by atoms with E-state index in [4.69, 9.17) is 22.9 Å². The number of aliphatic hydroxyl groups excluding tert-OH is 1. The minimum Gasteiger partial charge on any atom is -0.481 e. The zero-order valence-electron chi connectivity index (χ0n) is 42.0. The van der Waals surface area contributed by atoms with E-state index < -0.39 is 176 Å². The molecule has 0 unspecified atom stereocenters. The minimum absolute atomic E-state index is 0.0445. The molecule has 30 nitrogen and oxygen atoms in total. The Hall–Kier alpha value is -7.21. The lowest BCUT2D eigenvalue weighted by atomic mass is 10.0. The van der Waals surface area contributed by atoms with Crippen LogP contribution in [0.15, 0.2) is 4.99 Å². The standard InChI is InChI=1S/C44H75N13O17/c1-21(2)34(56-40(70)33(46)23(4)58)41(71)54-27(14-17-32(63)64)39(69)53-25(12-15-30(59)60)36(66)50-22(3)35(65)51-26(13-16-31(61)62)38(68)52-24(9-5-6-18-45)37(67)55-28(10-7-19-49-44(47)48)42(72)57-20-8-11-29(57)43(73)74/h21-29,33-34,58H,5-20,45-46H2,1-4H3,(H,50,66)(H,51,65)(H,52,68)(H,53,69)(H,54,71)(H,55,67)(H,56,70)(H,59,60)(H,61,62)(H,63,64)(H,73,74)(H4,47,48,49)/t22-,23+,24-,25-,26-,27-,28-,29-,33-,34-/m0/s1. The number of aliphatic imine (C=N–C) groups is 1. The maximum atomic E-state index is 14.0. The lowest BCUT2D eigenvalue weighted by molar-refractivity contribution is -0.149. The lowest BCUT2D eigenvalue weighted by Crippen LogP contribution is -2.60. The molecular formula is C44H75N13O17. The molecule has 1 saturated heterocycles. The van der Waals surface area contributed by atoms with Crippen LogP contribution >= 0.6 is 0 Å². The largest absolute Gasteiger partial charge is 0.481 e. The first-order valence-electron chi connectivity index (χ1n) is 24.1. The second-order valence-corrected chi connectivity index (χ2v) is 18.1.